The molecule has 0 aliphatic rings. The third kappa shape index (κ3) is 5.77. The number of rotatable bonds is 10. The zero-order chi connectivity index (χ0) is 25.5. The standard InChI is InChI=1S/C25H25ClN6O4/c1-3-4-5-22-27-13-20(25(34)35-2)24(33)32(22)14-16-6-10-19(11-7-16)36-15-18-9-8-17(12-21(18)26)23-28-30-31-29-23/h6-13H,3-5,14-15H2,1-2H3,(H,28,29,30,31). The zero-order valence-corrected chi connectivity index (χ0v) is 20.7. The van der Waals surface area contributed by atoms with E-state index in [0.717, 1.165) is 29.5 Å². The molecule has 0 bridgehead atoms. The van der Waals surface area contributed by atoms with Gasteiger partial charge >= 0.3 is 5.97 Å². The van der Waals surface area contributed by atoms with Crippen molar-refractivity contribution >= 4 is 17.6 Å². The van der Waals surface area contributed by atoms with Gasteiger partial charge in [-0.3, -0.25) is 9.36 Å². The molecule has 1 N–H and O–H groups in total. The molecule has 2 aromatic heterocycles. The predicted octanol–water partition coefficient (Wildman–Crippen LogP) is 3.83. The number of methoxy groups -OCH3 is 1. The van der Waals surface area contributed by atoms with Crippen LogP contribution in [0.3, 0.4) is 0 Å². The van der Waals surface area contributed by atoms with Gasteiger partial charge in [-0.2, -0.15) is 5.21 Å². The van der Waals surface area contributed by atoms with E-state index in [1.807, 2.05) is 36.4 Å². The number of aryl methyl sites for hydroxylation is 1. The van der Waals surface area contributed by atoms with Crippen LogP contribution in [0.4, 0.5) is 0 Å². The van der Waals surface area contributed by atoms with Gasteiger partial charge in [-0.25, -0.2) is 9.78 Å². The molecule has 186 valence electrons. The third-order valence-corrected chi connectivity index (χ3v) is 5.96. The van der Waals surface area contributed by atoms with Crippen LogP contribution in [-0.2, 0) is 24.3 Å². The van der Waals surface area contributed by atoms with Crippen LogP contribution in [0, 0.1) is 0 Å². The molecule has 0 fully saturated rings. The molecule has 4 aromatic rings. The van der Waals surface area contributed by atoms with Crippen molar-refractivity contribution in [2.75, 3.05) is 7.11 Å². The molecule has 10 nitrogen and oxygen atoms in total. The van der Waals surface area contributed by atoms with E-state index < -0.39 is 11.5 Å². The van der Waals surface area contributed by atoms with E-state index in [1.165, 1.54) is 17.9 Å². The van der Waals surface area contributed by atoms with Crippen LogP contribution in [0.25, 0.3) is 11.4 Å². The molecule has 36 heavy (non-hydrogen) atoms. The highest BCUT2D eigenvalue weighted by molar-refractivity contribution is 6.31. The summed E-state index contributed by atoms with van der Waals surface area (Å²) in [5.41, 5.74) is 1.93. The summed E-state index contributed by atoms with van der Waals surface area (Å²) >= 11 is 6.40. The molecule has 0 spiro atoms. The highest BCUT2D eigenvalue weighted by Gasteiger charge is 2.17. The second-order valence-electron chi connectivity index (χ2n) is 8.05. The molecule has 0 unspecified atom stereocenters. The lowest BCUT2D eigenvalue weighted by Crippen LogP contribution is -2.31. The molecule has 0 aliphatic heterocycles. The number of halogens is 1. The van der Waals surface area contributed by atoms with E-state index >= 15 is 0 Å². The summed E-state index contributed by atoms with van der Waals surface area (Å²) in [5, 5.41) is 14.4. The third-order valence-electron chi connectivity index (χ3n) is 5.60. The first-order valence-electron chi connectivity index (χ1n) is 11.4. The second-order valence-corrected chi connectivity index (χ2v) is 8.46. The topological polar surface area (TPSA) is 125 Å². The van der Waals surface area contributed by atoms with Crippen LogP contribution in [-0.4, -0.2) is 43.3 Å². The SMILES string of the molecule is CCCCc1ncc(C(=O)OC)c(=O)n1Cc1ccc(OCc2ccc(-c3nn[nH]n3)cc2Cl)cc1. The van der Waals surface area contributed by atoms with Crippen LogP contribution >= 0.6 is 11.6 Å². The number of unbranched alkanes of at least 4 members (excludes halogenated alkanes) is 1. The number of aromatic amines is 1. The molecule has 0 saturated carbocycles. The summed E-state index contributed by atoms with van der Waals surface area (Å²) in [4.78, 5) is 29.3. The Balaban J connectivity index is 1.46. The Hall–Kier alpha value is -4.05. The van der Waals surface area contributed by atoms with Gasteiger partial charge in [0.25, 0.3) is 5.56 Å². The largest absolute Gasteiger partial charge is 0.489 e. The molecule has 0 amide bonds. The van der Waals surface area contributed by atoms with Crippen molar-refractivity contribution in [3.63, 3.8) is 0 Å². The van der Waals surface area contributed by atoms with Crippen molar-refractivity contribution in [1.82, 2.24) is 30.2 Å². The number of hydrogen-bond acceptors (Lipinski definition) is 8. The van der Waals surface area contributed by atoms with Crippen molar-refractivity contribution in [3.8, 4) is 17.1 Å². The number of H-pyrrole nitrogens is 1. The summed E-state index contributed by atoms with van der Waals surface area (Å²) in [5.74, 6) is 1.05. The van der Waals surface area contributed by atoms with Crippen LogP contribution in [0.1, 0.15) is 47.1 Å². The maximum absolute atomic E-state index is 13.0. The predicted molar refractivity (Wildman–Crippen MR) is 133 cm³/mol. The second kappa shape index (κ2) is 11.6. The van der Waals surface area contributed by atoms with E-state index in [4.69, 9.17) is 21.1 Å². The fourth-order valence-electron chi connectivity index (χ4n) is 3.60. The minimum absolute atomic E-state index is 0.0834. The first-order chi connectivity index (χ1) is 17.5. The van der Waals surface area contributed by atoms with Crippen molar-refractivity contribution in [2.24, 2.45) is 0 Å². The Kier molecular flexibility index (Phi) is 8.06. The molecule has 2 heterocycles. The molecule has 2 aromatic carbocycles. The van der Waals surface area contributed by atoms with Gasteiger partial charge in [0.05, 0.1) is 13.7 Å². The Bertz CT molecular complexity index is 1390. The van der Waals surface area contributed by atoms with Gasteiger partial charge in [-0.1, -0.05) is 49.2 Å². The van der Waals surface area contributed by atoms with Crippen molar-refractivity contribution < 1.29 is 14.3 Å². The van der Waals surface area contributed by atoms with E-state index in [1.54, 1.807) is 6.07 Å². The summed E-state index contributed by atoms with van der Waals surface area (Å²) in [6.45, 7) is 2.62. The molecule has 0 aliphatic carbocycles. The Morgan fingerprint density at radius 1 is 1.17 bits per heavy atom. The van der Waals surface area contributed by atoms with Gasteiger partial charge in [-0.15, -0.1) is 10.2 Å². The normalized spacial score (nSPS) is 10.9. The van der Waals surface area contributed by atoms with Crippen LogP contribution in [0.5, 0.6) is 5.75 Å². The fraction of sp³-hybridized carbons (Fsp3) is 0.280. The molecule has 0 radical (unpaired) electrons. The lowest BCUT2D eigenvalue weighted by molar-refractivity contribution is 0.0597. The zero-order valence-electron chi connectivity index (χ0n) is 19.9. The Morgan fingerprint density at radius 3 is 2.64 bits per heavy atom. The van der Waals surface area contributed by atoms with Gasteiger partial charge in [0, 0.05) is 28.8 Å². The average Bonchev–Trinajstić information content (AvgIpc) is 3.44. The number of benzene rings is 2. The fourth-order valence-corrected chi connectivity index (χ4v) is 3.83. The van der Waals surface area contributed by atoms with Crippen molar-refractivity contribution in [3.05, 3.63) is 86.6 Å². The van der Waals surface area contributed by atoms with E-state index in [-0.39, 0.29) is 18.7 Å². The van der Waals surface area contributed by atoms with Gasteiger partial charge in [0.2, 0.25) is 5.82 Å². The average molecular weight is 509 g/mol. The molecular formula is C25H25ClN6O4. The number of esters is 1. The summed E-state index contributed by atoms with van der Waals surface area (Å²) < 4.78 is 12.2. The lowest BCUT2D eigenvalue weighted by atomic mass is 10.1. The molecular weight excluding hydrogens is 484 g/mol. The van der Waals surface area contributed by atoms with E-state index in [2.05, 4.69) is 32.5 Å². The number of carbonyl (C=O) groups excluding carboxylic acids is 1. The van der Waals surface area contributed by atoms with Gasteiger partial charge in [0.1, 0.15) is 23.7 Å². The highest BCUT2D eigenvalue weighted by atomic mass is 35.5. The summed E-state index contributed by atoms with van der Waals surface area (Å²) in [6, 6.07) is 12.9. The molecule has 0 atom stereocenters. The number of carbonyl (C=O) groups is 1. The molecule has 11 heteroatoms. The smallest absolute Gasteiger partial charge is 0.345 e. The number of nitrogens with zero attached hydrogens (tertiary/aromatic N) is 5. The minimum Gasteiger partial charge on any atom is -0.489 e. The van der Waals surface area contributed by atoms with Gasteiger partial charge in [-0.05, 0) is 35.4 Å². The van der Waals surface area contributed by atoms with Crippen molar-refractivity contribution in [1.29, 1.82) is 0 Å². The highest BCUT2D eigenvalue weighted by Crippen LogP contribution is 2.24. The minimum atomic E-state index is -0.698. The molecule has 0 saturated heterocycles. The number of hydrogen-bond donors (Lipinski definition) is 1. The monoisotopic (exact) mass is 508 g/mol. The van der Waals surface area contributed by atoms with Crippen LogP contribution in [0.15, 0.2) is 53.5 Å². The lowest BCUT2D eigenvalue weighted by Gasteiger charge is -2.14. The maximum Gasteiger partial charge on any atom is 0.345 e. The van der Waals surface area contributed by atoms with Crippen LogP contribution < -0.4 is 10.3 Å². The summed E-state index contributed by atoms with van der Waals surface area (Å²) in [6.07, 6.45) is 3.78. The number of nitrogens with one attached hydrogen (secondary N) is 1. The van der Waals surface area contributed by atoms with Gasteiger partial charge < -0.3 is 9.47 Å². The number of ether oxygens (including phenoxy) is 2. The summed E-state index contributed by atoms with van der Waals surface area (Å²) in [7, 11) is 1.24. The quantitative estimate of drug-likeness (QED) is 0.320. The Labute approximate surface area is 212 Å². The number of aromatic nitrogens is 6. The Morgan fingerprint density at radius 2 is 1.97 bits per heavy atom. The first kappa shape index (κ1) is 25.1. The van der Waals surface area contributed by atoms with Gasteiger partial charge in [0.15, 0.2) is 0 Å². The van der Waals surface area contributed by atoms with E-state index in [9.17, 15) is 9.59 Å². The number of tetrazole rings is 1. The first-order valence-corrected chi connectivity index (χ1v) is 11.8. The maximum atomic E-state index is 13.0. The molecule has 4 rings (SSSR count). The van der Waals surface area contributed by atoms with Crippen molar-refractivity contribution in [2.45, 2.75) is 39.3 Å². The van der Waals surface area contributed by atoms with Crippen LogP contribution in [0.2, 0.25) is 5.02 Å². The van der Waals surface area contributed by atoms with E-state index in [0.29, 0.717) is 28.8 Å².